The molecule has 0 bridgehead atoms. The highest BCUT2D eigenvalue weighted by atomic mass is 31.2. The van der Waals surface area contributed by atoms with Gasteiger partial charge in [-0.1, -0.05) is 0 Å². The lowest BCUT2D eigenvalue weighted by Crippen LogP contribution is -2.48. The van der Waals surface area contributed by atoms with Gasteiger partial charge in [0, 0.05) is 6.54 Å². The van der Waals surface area contributed by atoms with Crippen molar-refractivity contribution >= 4 is 7.67 Å². The fraction of sp³-hybridized carbons (Fsp3) is 1.00. The highest BCUT2D eigenvalue weighted by molar-refractivity contribution is 7.52. The van der Waals surface area contributed by atoms with Crippen molar-refractivity contribution in [3.8, 4) is 0 Å². The van der Waals surface area contributed by atoms with Gasteiger partial charge < -0.3 is 19.8 Å². The van der Waals surface area contributed by atoms with Crippen LogP contribution in [0.3, 0.4) is 0 Å². The van der Waals surface area contributed by atoms with Gasteiger partial charge in [-0.05, 0) is 14.1 Å². The van der Waals surface area contributed by atoms with Gasteiger partial charge in [0.1, 0.15) is 0 Å². The van der Waals surface area contributed by atoms with E-state index in [-0.39, 0.29) is 19.7 Å². The molecule has 3 N–H and O–H groups in total. The molecule has 3 unspecified atom stereocenters. The Hall–Kier alpha value is -0.0100. The number of hydrogen-bond donors (Lipinski definition) is 3. The van der Waals surface area contributed by atoms with Crippen LogP contribution in [0.5, 0.6) is 0 Å². The zero-order valence-electron chi connectivity index (χ0n) is 8.78. The van der Waals surface area contributed by atoms with Gasteiger partial charge in [-0.3, -0.25) is 4.57 Å². The molecule has 0 aromatic rings. The summed E-state index contributed by atoms with van der Waals surface area (Å²) in [5, 5.41) is 18.2. The summed E-state index contributed by atoms with van der Waals surface area (Å²) in [5.74, 6) is 0. The minimum absolute atomic E-state index is 0.0392. The van der Waals surface area contributed by atoms with Crippen LogP contribution in [0.15, 0.2) is 0 Å². The first-order valence-electron chi connectivity index (χ1n) is 4.58. The van der Waals surface area contributed by atoms with E-state index in [0.717, 1.165) is 0 Å². The number of morpholine rings is 1. The summed E-state index contributed by atoms with van der Waals surface area (Å²) in [6, 6.07) is 0. The van der Waals surface area contributed by atoms with Crippen molar-refractivity contribution < 1.29 is 24.4 Å². The smallest absolute Gasteiger partial charge is 0.343 e. The minimum atomic E-state index is -3.61. The molecule has 1 saturated heterocycles. The fourth-order valence-electron chi connectivity index (χ4n) is 1.36. The summed E-state index contributed by atoms with van der Waals surface area (Å²) in [4.78, 5) is 9.71. The normalized spacial score (nSPS) is 32.9. The molecule has 0 aromatic heterocycles. The third-order valence-electron chi connectivity index (χ3n) is 2.22. The number of aliphatic hydroxyl groups is 2. The Labute approximate surface area is 88.4 Å². The van der Waals surface area contributed by atoms with Crippen molar-refractivity contribution in [2.24, 2.45) is 0 Å². The SMILES string of the molecule is CN(C)P(=O)(O)N1CC(O)OC(CO)C1. The summed E-state index contributed by atoms with van der Waals surface area (Å²) < 4.78 is 19.2. The number of hydrogen-bond acceptors (Lipinski definition) is 4. The summed E-state index contributed by atoms with van der Waals surface area (Å²) in [5.41, 5.74) is 0. The van der Waals surface area contributed by atoms with E-state index in [2.05, 4.69) is 0 Å². The van der Waals surface area contributed by atoms with E-state index in [1.165, 1.54) is 23.4 Å². The van der Waals surface area contributed by atoms with Crippen LogP contribution < -0.4 is 0 Å². The quantitative estimate of drug-likeness (QED) is 0.526. The molecule has 8 heteroatoms. The molecule has 0 aliphatic carbocycles. The number of β-amino-alcohol motifs (C(OH)–C–C–N with tert-alkyl or cyclic N) is 1. The Morgan fingerprint density at radius 1 is 1.53 bits per heavy atom. The molecule has 1 aliphatic heterocycles. The van der Waals surface area contributed by atoms with Crippen LogP contribution in [-0.4, -0.2) is 70.6 Å². The van der Waals surface area contributed by atoms with Gasteiger partial charge in [0.05, 0.1) is 19.3 Å². The highest BCUT2D eigenvalue weighted by Crippen LogP contribution is 2.47. The van der Waals surface area contributed by atoms with E-state index in [1.807, 2.05) is 0 Å². The average molecular weight is 240 g/mol. The van der Waals surface area contributed by atoms with E-state index in [0.29, 0.717) is 0 Å². The number of aliphatic hydroxyl groups excluding tert-OH is 2. The molecular formula is C7H17N2O5P. The first-order valence-corrected chi connectivity index (χ1v) is 6.15. The van der Waals surface area contributed by atoms with E-state index < -0.39 is 20.1 Å². The van der Waals surface area contributed by atoms with Crippen molar-refractivity contribution in [1.82, 2.24) is 9.34 Å². The van der Waals surface area contributed by atoms with Gasteiger partial charge in [-0.15, -0.1) is 0 Å². The largest absolute Gasteiger partial charge is 0.394 e. The molecule has 1 aliphatic rings. The molecule has 15 heavy (non-hydrogen) atoms. The van der Waals surface area contributed by atoms with Crippen molar-refractivity contribution in [1.29, 1.82) is 0 Å². The monoisotopic (exact) mass is 240 g/mol. The molecule has 0 radical (unpaired) electrons. The van der Waals surface area contributed by atoms with Crippen LogP contribution in [0, 0.1) is 0 Å². The van der Waals surface area contributed by atoms with Gasteiger partial charge in [-0.25, -0.2) is 9.34 Å². The predicted octanol–water partition coefficient (Wildman–Crippen LogP) is -1.34. The Kier molecular flexibility index (Phi) is 4.25. The lowest BCUT2D eigenvalue weighted by atomic mass is 10.3. The second kappa shape index (κ2) is 4.88. The predicted molar refractivity (Wildman–Crippen MR) is 53.1 cm³/mol. The summed E-state index contributed by atoms with van der Waals surface area (Å²) in [7, 11) is -0.647. The second-order valence-electron chi connectivity index (χ2n) is 3.63. The molecule has 90 valence electrons. The zero-order chi connectivity index (χ0) is 11.6. The van der Waals surface area contributed by atoms with Crippen LogP contribution in [0.2, 0.25) is 0 Å². The van der Waals surface area contributed by atoms with Gasteiger partial charge in [0.25, 0.3) is 0 Å². The Balaban J connectivity index is 2.73. The molecule has 1 heterocycles. The van der Waals surface area contributed by atoms with Crippen molar-refractivity contribution in [3.63, 3.8) is 0 Å². The minimum Gasteiger partial charge on any atom is -0.394 e. The third kappa shape index (κ3) is 2.98. The van der Waals surface area contributed by atoms with Crippen molar-refractivity contribution in [2.75, 3.05) is 33.8 Å². The van der Waals surface area contributed by atoms with Gasteiger partial charge >= 0.3 is 7.67 Å². The van der Waals surface area contributed by atoms with E-state index in [1.54, 1.807) is 0 Å². The molecular weight excluding hydrogens is 223 g/mol. The molecule has 1 rings (SSSR count). The van der Waals surface area contributed by atoms with Crippen LogP contribution in [0.1, 0.15) is 0 Å². The van der Waals surface area contributed by atoms with E-state index in [4.69, 9.17) is 9.84 Å². The summed E-state index contributed by atoms with van der Waals surface area (Å²) in [6.45, 7) is -0.205. The first-order chi connectivity index (χ1) is 6.87. The number of ether oxygens (including phenoxy) is 1. The second-order valence-corrected chi connectivity index (χ2v) is 6.02. The van der Waals surface area contributed by atoms with Gasteiger partial charge in [-0.2, -0.15) is 0 Å². The fourth-order valence-corrected chi connectivity index (χ4v) is 2.62. The third-order valence-corrected chi connectivity index (χ3v) is 4.33. The molecule has 0 aromatic carbocycles. The summed E-state index contributed by atoms with van der Waals surface area (Å²) >= 11 is 0. The van der Waals surface area contributed by atoms with Crippen molar-refractivity contribution in [2.45, 2.75) is 12.4 Å². The molecule has 1 fully saturated rings. The van der Waals surface area contributed by atoms with E-state index >= 15 is 0 Å². The van der Waals surface area contributed by atoms with Crippen molar-refractivity contribution in [3.05, 3.63) is 0 Å². The average Bonchev–Trinajstić information content (AvgIpc) is 2.16. The van der Waals surface area contributed by atoms with Crippen LogP contribution in [0.25, 0.3) is 0 Å². The molecule has 0 amide bonds. The Bertz CT molecular complexity index is 262. The van der Waals surface area contributed by atoms with Crippen LogP contribution >= 0.6 is 7.67 Å². The topological polar surface area (TPSA) is 93.5 Å². The zero-order valence-corrected chi connectivity index (χ0v) is 9.67. The lowest BCUT2D eigenvalue weighted by Gasteiger charge is -2.38. The molecule has 0 spiro atoms. The summed E-state index contributed by atoms with van der Waals surface area (Å²) in [6.07, 6.45) is -1.77. The number of nitrogens with zero attached hydrogens (tertiary/aromatic N) is 2. The standard InChI is InChI=1S/C7H17N2O5P/c1-8(2)15(12,13)9-3-6(5-10)14-7(11)4-9/h6-7,10-11H,3-5H2,1-2H3,(H,12,13). The van der Waals surface area contributed by atoms with Gasteiger partial charge in [0.2, 0.25) is 0 Å². The lowest BCUT2D eigenvalue weighted by molar-refractivity contribution is -0.180. The maximum Gasteiger partial charge on any atom is 0.343 e. The molecule has 7 nitrogen and oxygen atoms in total. The maximum atomic E-state index is 11.8. The van der Waals surface area contributed by atoms with Crippen LogP contribution in [-0.2, 0) is 9.30 Å². The Morgan fingerprint density at radius 2 is 2.13 bits per heavy atom. The van der Waals surface area contributed by atoms with Gasteiger partial charge in [0.15, 0.2) is 6.29 Å². The molecule has 3 atom stereocenters. The van der Waals surface area contributed by atoms with Crippen LogP contribution in [0.4, 0.5) is 0 Å². The molecule has 0 saturated carbocycles. The van der Waals surface area contributed by atoms with E-state index in [9.17, 15) is 14.6 Å². The first kappa shape index (κ1) is 13.1. The maximum absolute atomic E-state index is 11.8. The highest BCUT2D eigenvalue weighted by Gasteiger charge is 2.38. The number of rotatable bonds is 3. The Morgan fingerprint density at radius 3 is 2.60 bits per heavy atom.